The van der Waals surface area contributed by atoms with Gasteiger partial charge in [0.2, 0.25) is 10.0 Å². The minimum atomic E-state index is -5.08. The third-order valence-corrected chi connectivity index (χ3v) is 7.84. The highest BCUT2D eigenvalue weighted by molar-refractivity contribution is 7.89. The third kappa shape index (κ3) is 6.21. The molecule has 0 radical (unpaired) electrons. The van der Waals surface area contributed by atoms with E-state index in [1.54, 1.807) is 24.3 Å². The fourth-order valence-corrected chi connectivity index (χ4v) is 5.29. The van der Waals surface area contributed by atoms with Crippen LogP contribution in [-0.2, 0) is 14.8 Å². The van der Waals surface area contributed by atoms with E-state index in [9.17, 15) is 31.2 Å². The number of aromatic nitrogens is 2. The molecule has 0 spiro atoms. The standard InChI is InChI=1S/C20H21ClN4O4S.C2HF3O2/c1-2-23-9-11-24(12-10-23)30(28,29)14-7-8-16(21)18(13-14)25-19(26)15-5-3-4-6-17(15)22-20(25)27;3-2(4,5)1(6)7/h3-8,13H,2,9-12H2,1H3,(H,22,27);(H,6,7). The zero-order valence-corrected chi connectivity index (χ0v) is 20.9. The summed E-state index contributed by atoms with van der Waals surface area (Å²) >= 11 is 6.27. The molecule has 1 aliphatic rings. The number of aromatic amines is 1. The Bertz CT molecular complexity index is 1530. The third-order valence-electron chi connectivity index (χ3n) is 5.62. The van der Waals surface area contributed by atoms with E-state index < -0.39 is 33.4 Å². The SMILES string of the molecule is CCN1CCN(S(=O)(=O)c2ccc(Cl)c(-n3c(=O)[nH]c4ccccc4c3=O)c2)CC1.O=C(O)C(F)(F)F. The zero-order chi connectivity index (χ0) is 27.5. The summed E-state index contributed by atoms with van der Waals surface area (Å²) in [6.45, 7) is 4.97. The van der Waals surface area contributed by atoms with Crippen molar-refractivity contribution in [3.05, 3.63) is 68.3 Å². The van der Waals surface area contributed by atoms with Gasteiger partial charge in [0.25, 0.3) is 5.56 Å². The molecule has 10 nitrogen and oxygen atoms in total. The number of nitrogens with one attached hydrogen (secondary N) is 1. The number of rotatable bonds is 4. The normalized spacial score (nSPS) is 15.3. The van der Waals surface area contributed by atoms with E-state index in [-0.39, 0.29) is 15.6 Å². The fourth-order valence-electron chi connectivity index (χ4n) is 3.64. The number of nitrogens with zero attached hydrogens (tertiary/aromatic N) is 3. The number of carbonyl (C=O) groups is 1. The predicted molar refractivity (Wildman–Crippen MR) is 130 cm³/mol. The van der Waals surface area contributed by atoms with Crippen molar-refractivity contribution in [3.8, 4) is 5.69 Å². The molecule has 37 heavy (non-hydrogen) atoms. The van der Waals surface area contributed by atoms with E-state index in [1.807, 2.05) is 6.92 Å². The summed E-state index contributed by atoms with van der Waals surface area (Å²) in [6, 6.07) is 10.7. The number of carboxylic acids is 1. The maximum Gasteiger partial charge on any atom is 0.490 e. The Balaban J connectivity index is 0.000000479. The highest BCUT2D eigenvalue weighted by Gasteiger charge is 2.38. The van der Waals surface area contributed by atoms with Gasteiger partial charge in [-0.15, -0.1) is 0 Å². The van der Waals surface area contributed by atoms with Crippen molar-refractivity contribution in [2.75, 3.05) is 32.7 Å². The summed E-state index contributed by atoms with van der Waals surface area (Å²) in [5, 5.41) is 7.53. The Kier molecular flexibility index (Phi) is 8.47. The van der Waals surface area contributed by atoms with Crippen LogP contribution in [0.1, 0.15) is 6.92 Å². The number of benzene rings is 2. The molecule has 0 bridgehead atoms. The highest BCUT2D eigenvalue weighted by atomic mass is 35.5. The molecular formula is C22H22ClF3N4O6S. The maximum absolute atomic E-state index is 13.2. The van der Waals surface area contributed by atoms with Crippen LogP contribution in [0, 0.1) is 0 Å². The van der Waals surface area contributed by atoms with Crippen molar-refractivity contribution in [2.24, 2.45) is 0 Å². The molecule has 2 heterocycles. The van der Waals surface area contributed by atoms with Crippen LogP contribution in [0.15, 0.2) is 56.9 Å². The summed E-state index contributed by atoms with van der Waals surface area (Å²) in [4.78, 5) is 39.3. The van der Waals surface area contributed by atoms with Crippen LogP contribution in [0.4, 0.5) is 13.2 Å². The van der Waals surface area contributed by atoms with Crippen LogP contribution in [0.25, 0.3) is 16.6 Å². The Morgan fingerprint density at radius 1 is 1.08 bits per heavy atom. The molecule has 0 aliphatic carbocycles. The predicted octanol–water partition coefficient (Wildman–Crippen LogP) is 2.29. The van der Waals surface area contributed by atoms with Gasteiger partial charge in [-0.3, -0.25) is 4.79 Å². The number of alkyl halides is 3. The number of hydrogen-bond donors (Lipinski definition) is 2. The van der Waals surface area contributed by atoms with Crippen molar-refractivity contribution in [1.29, 1.82) is 0 Å². The minimum Gasteiger partial charge on any atom is -0.475 e. The quantitative estimate of drug-likeness (QED) is 0.498. The van der Waals surface area contributed by atoms with E-state index in [2.05, 4.69) is 9.88 Å². The van der Waals surface area contributed by atoms with Crippen molar-refractivity contribution < 1.29 is 31.5 Å². The summed E-state index contributed by atoms with van der Waals surface area (Å²) in [7, 11) is -3.79. The summed E-state index contributed by atoms with van der Waals surface area (Å²) in [5.74, 6) is -2.76. The molecule has 3 aromatic rings. The lowest BCUT2D eigenvalue weighted by Gasteiger charge is -2.33. The molecule has 200 valence electrons. The molecule has 0 unspecified atom stereocenters. The second-order valence-electron chi connectivity index (χ2n) is 7.87. The molecule has 15 heteroatoms. The summed E-state index contributed by atoms with van der Waals surface area (Å²) < 4.78 is 60.3. The highest BCUT2D eigenvalue weighted by Crippen LogP contribution is 2.25. The fraction of sp³-hybridized carbons (Fsp3) is 0.318. The molecule has 0 saturated carbocycles. The van der Waals surface area contributed by atoms with Crippen LogP contribution in [-0.4, -0.2) is 77.1 Å². The van der Waals surface area contributed by atoms with Gasteiger partial charge in [-0.05, 0) is 36.9 Å². The van der Waals surface area contributed by atoms with Crippen LogP contribution < -0.4 is 11.2 Å². The van der Waals surface area contributed by atoms with Gasteiger partial charge in [0.05, 0.1) is 26.5 Å². The van der Waals surface area contributed by atoms with Gasteiger partial charge in [0.15, 0.2) is 0 Å². The molecule has 1 aliphatic heterocycles. The number of halogens is 4. The summed E-state index contributed by atoms with van der Waals surface area (Å²) in [5.41, 5.74) is -0.826. The molecule has 1 saturated heterocycles. The molecule has 0 amide bonds. The molecule has 0 atom stereocenters. The van der Waals surface area contributed by atoms with Gasteiger partial charge in [-0.25, -0.2) is 22.6 Å². The lowest BCUT2D eigenvalue weighted by molar-refractivity contribution is -0.192. The second kappa shape index (κ2) is 11.0. The molecule has 4 rings (SSSR count). The van der Waals surface area contributed by atoms with Gasteiger partial charge < -0.3 is 15.0 Å². The van der Waals surface area contributed by atoms with Crippen LogP contribution in [0.3, 0.4) is 0 Å². The van der Waals surface area contributed by atoms with Crippen molar-refractivity contribution in [1.82, 2.24) is 18.8 Å². The number of para-hydroxylation sites is 1. The lowest BCUT2D eigenvalue weighted by Crippen LogP contribution is -2.48. The van der Waals surface area contributed by atoms with Crippen molar-refractivity contribution >= 4 is 38.5 Å². The zero-order valence-electron chi connectivity index (χ0n) is 19.3. The molecule has 2 N–H and O–H groups in total. The lowest BCUT2D eigenvalue weighted by atomic mass is 10.2. The molecular weight excluding hydrogens is 541 g/mol. The van der Waals surface area contributed by atoms with E-state index in [0.29, 0.717) is 37.1 Å². The van der Waals surface area contributed by atoms with Crippen LogP contribution in [0.2, 0.25) is 5.02 Å². The van der Waals surface area contributed by atoms with Gasteiger partial charge in [-0.1, -0.05) is 30.7 Å². The molecule has 1 fully saturated rings. The Hall–Kier alpha value is -3.20. The first kappa shape index (κ1) is 28.4. The Morgan fingerprint density at radius 3 is 2.24 bits per heavy atom. The van der Waals surface area contributed by atoms with E-state index in [1.165, 1.54) is 22.5 Å². The summed E-state index contributed by atoms with van der Waals surface area (Å²) in [6.07, 6.45) is -5.08. The smallest absolute Gasteiger partial charge is 0.475 e. The van der Waals surface area contributed by atoms with Gasteiger partial charge in [0.1, 0.15) is 0 Å². The van der Waals surface area contributed by atoms with Gasteiger partial charge in [0, 0.05) is 26.2 Å². The first-order valence-corrected chi connectivity index (χ1v) is 12.7. The van der Waals surface area contributed by atoms with Gasteiger partial charge in [-0.2, -0.15) is 17.5 Å². The molecule has 2 aromatic carbocycles. The number of hydrogen-bond acceptors (Lipinski definition) is 6. The number of aliphatic carboxylic acids is 1. The number of fused-ring (bicyclic) bond motifs is 1. The van der Waals surface area contributed by atoms with E-state index in [0.717, 1.165) is 11.1 Å². The number of carboxylic acid groups (broad SMARTS) is 1. The maximum atomic E-state index is 13.2. The van der Waals surface area contributed by atoms with Crippen LogP contribution >= 0.6 is 11.6 Å². The largest absolute Gasteiger partial charge is 0.490 e. The Morgan fingerprint density at radius 2 is 1.68 bits per heavy atom. The van der Waals surface area contributed by atoms with E-state index in [4.69, 9.17) is 21.5 Å². The average Bonchev–Trinajstić information content (AvgIpc) is 2.85. The van der Waals surface area contributed by atoms with Crippen LogP contribution in [0.5, 0.6) is 0 Å². The van der Waals surface area contributed by atoms with Crippen molar-refractivity contribution in [2.45, 2.75) is 18.0 Å². The number of H-pyrrole nitrogens is 1. The number of likely N-dealkylation sites (N-methyl/N-ethyl adjacent to an activating group) is 1. The minimum absolute atomic E-state index is 0.00805. The average molecular weight is 563 g/mol. The first-order chi connectivity index (χ1) is 17.3. The topological polar surface area (TPSA) is 133 Å². The second-order valence-corrected chi connectivity index (χ2v) is 10.2. The Labute approximate surface area is 213 Å². The number of sulfonamides is 1. The van der Waals surface area contributed by atoms with E-state index >= 15 is 0 Å². The molecule has 1 aromatic heterocycles. The first-order valence-electron chi connectivity index (χ1n) is 10.8. The van der Waals surface area contributed by atoms with Crippen molar-refractivity contribution in [3.63, 3.8) is 0 Å². The number of piperazine rings is 1. The monoisotopic (exact) mass is 562 g/mol. The van der Waals surface area contributed by atoms with Gasteiger partial charge >= 0.3 is 17.8 Å².